The van der Waals surface area contributed by atoms with Crippen molar-refractivity contribution >= 4 is 17.1 Å². The number of nitro benzene ring substituents is 1. The molecule has 0 saturated heterocycles. The van der Waals surface area contributed by atoms with Gasteiger partial charge in [0.1, 0.15) is 18.3 Å². The van der Waals surface area contributed by atoms with Gasteiger partial charge in [0.05, 0.1) is 29.5 Å². The third-order valence-electron chi connectivity index (χ3n) is 2.81. The Morgan fingerprint density at radius 3 is 2.27 bits per heavy atom. The Labute approximate surface area is 125 Å². The van der Waals surface area contributed by atoms with E-state index in [1.165, 1.54) is 24.3 Å². The Kier molecular flexibility index (Phi) is 6.82. The van der Waals surface area contributed by atoms with Crippen molar-refractivity contribution in [2.45, 2.75) is 18.3 Å². The molecule has 0 radical (unpaired) electrons. The molecule has 0 aliphatic heterocycles. The van der Waals surface area contributed by atoms with E-state index in [1.54, 1.807) is 0 Å². The van der Waals surface area contributed by atoms with Gasteiger partial charge >= 0.3 is 0 Å². The van der Waals surface area contributed by atoms with Crippen LogP contribution in [-0.2, 0) is 0 Å². The maximum atomic E-state index is 10.5. The molecule has 0 heterocycles. The first-order valence-electron chi connectivity index (χ1n) is 6.23. The highest BCUT2D eigenvalue weighted by atomic mass is 16.6. The lowest BCUT2D eigenvalue weighted by atomic mass is 10.0. The van der Waals surface area contributed by atoms with Crippen molar-refractivity contribution in [1.29, 1.82) is 0 Å². The van der Waals surface area contributed by atoms with Crippen LogP contribution in [0, 0.1) is 10.1 Å². The van der Waals surface area contributed by atoms with E-state index in [0.717, 1.165) is 0 Å². The molecular formula is C12H17N3O7. The largest absolute Gasteiger partial charge is 0.394 e. The Hall–Kier alpha value is -2.11. The van der Waals surface area contributed by atoms with Crippen LogP contribution in [0.1, 0.15) is 0 Å². The number of benzene rings is 1. The van der Waals surface area contributed by atoms with Gasteiger partial charge in [0.15, 0.2) is 0 Å². The molecule has 6 N–H and O–H groups in total. The second kappa shape index (κ2) is 8.36. The van der Waals surface area contributed by atoms with Crippen molar-refractivity contribution in [3.05, 3.63) is 34.4 Å². The monoisotopic (exact) mass is 315 g/mol. The van der Waals surface area contributed by atoms with E-state index in [1.807, 2.05) is 0 Å². The number of hydrogen-bond acceptors (Lipinski definition) is 9. The van der Waals surface area contributed by atoms with E-state index in [0.29, 0.717) is 5.69 Å². The van der Waals surface area contributed by atoms with Crippen molar-refractivity contribution in [1.82, 2.24) is 0 Å². The highest BCUT2D eigenvalue weighted by Gasteiger charge is 2.28. The van der Waals surface area contributed by atoms with Crippen LogP contribution in [-0.4, -0.2) is 67.7 Å². The summed E-state index contributed by atoms with van der Waals surface area (Å²) < 4.78 is 0. The maximum Gasteiger partial charge on any atom is 0.269 e. The second-order valence-electron chi connectivity index (χ2n) is 4.36. The van der Waals surface area contributed by atoms with Gasteiger partial charge in [0, 0.05) is 12.1 Å². The molecule has 1 rings (SSSR count). The predicted octanol–water partition coefficient (Wildman–Crippen LogP) is -1.57. The van der Waals surface area contributed by atoms with Crippen LogP contribution in [0.15, 0.2) is 29.4 Å². The van der Waals surface area contributed by atoms with Crippen molar-refractivity contribution in [3.63, 3.8) is 0 Å². The van der Waals surface area contributed by atoms with Crippen LogP contribution in [0.3, 0.4) is 0 Å². The third kappa shape index (κ3) is 4.72. The molecule has 0 saturated carbocycles. The molecule has 1 aromatic rings. The standard InChI is InChI=1S/C12H17N3O7/c16-5-9(11(19)12(20)10(18)6-17)14-13-7-1-3-8(4-2-7)15(21)22/h1-4,10-13,16-20H,5-6H2/b14-9+. The summed E-state index contributed by atoms with van der Waals surface area (Å²) in [5.41, 5.74) is 2.40. The van der Waals surface area contributed by atoms with Gasteiger partial charge in [0.2, 0.25) is 0 Å². The molecule has 10 nitrogen and oxygen atoms in total. The summed E-state index contributed by atoms with van der Waals surface area (Å²) in [7, 11) is 0. The summed E-state index contributed by atoms with van der Waals surface area (Å²) in [6, 6.07) is 5.19. The number of hydrazone groups is 1. The number of aliphatic hydroxyl groups is 5. The van der Waals surface area contributed by atoms with E-state index in [4.69, 9.17) is 10.2 Å². The van der Waals surface area contributed by atoms with Gasteiger partial charge in [-0.15, -0.1) is 0 Å². The van der Waals surface area contributed by atoms with Gasteiger partial charge in [-0.1, -0.05) is 0 Å². The summed E-state index contributed by atoms with van der Waals surface area (Å²) in [5.74, 6) is 0. The lowest BCUT2D eigenvalue weighted by Crippen LogP contribution is -2.45. The number of nitrogens with one attached hydrogen (secondary N) is 1. The number of hydrogen-bond donors (Lipinski definition) is 6. The van der Waals surface area contributed by atoms with Gasteiger partial charge in [-0.2, -0.15) is 5.10 Å². The number of anilines is 1. The summed E-state index contributed by atoms with van der Waals surface area (Å²) in [4.78, 5) is 9.93. The van der Waals surface area contributed by atoms with Gasteiger partial charge in [-0.05, 0) is 12.1 Å². The number of nitro groups is 1. The fraction of sp³-hybridized carbons (Fsp3) is 0.417. The molecule has 0 aromatic heterocycles. The number of nitrogens with zero attached hydrogens (tertiary/aromatic N) is 2. The van der Waals surface area contributed by atoms with Gasteiger partial charge in [0.25, 0.3) is 5.69 Å². The van der Waals surface area contributed by atoms with Crippen molar-refractivity contribution < 1.29 is 30.5 Å². The first-order chi connectivity index (χ1) is 10.4. The van der Waals surface area contributed by atoms with Gasteiger partial charge < -0.3 is 25.5 Å². The Balaban J connectivity index is 2.78. The molecule has 3 unspecified atom stereocenters. The smallest absolute Gasteiger partial charge is 0.269 e. The zero-order chi connectivity index (χ0) is 16.7. The second-order valence-corrected chi connectivity index (χ2v) is 4.36. The quantitative estimate of drug-likeness (QED) is 0.190. The predicted molar refractivity (Wildman–Crippen MR) is 76.3 cm³/mol. The van der Waals surface area contributed by atoms with E-state index in [-0.39, 0.29) is 11.4 Å². The molecule has 22 heavy (non-hydrogen) atoms. The summed E-state index contributed by atoms with van der Waals surface area (Å²) in [5, 5.41) is 60.5. The lowest BCUT2D eigenvalue weighted by molar-refractivity contribution is -0.384. The Bertz CT molecular complexity index is 520. The molecule has 3 atom stereocenters. The summed E-state index contributed by atoms with van der Waals surface area (Å²) in [6.07, 6.45) is -5.02. The Morgan fingerprint density at radius 1 is 1.23 bits per heavy atom. The van der Waals surface area contributed by atoms with Gasteiger partial charge in [-0.3, -0.25) is 15.5 Å². The lowest BCUT2D eigenvalue weighted by Gasteiger charge is -2.22. The summed E-state index contributed by atoms with van der Waals surface area (Å²) in [6.45, 7) is -1.48. The minimum Gasteiger partial charge on any atom is -0.394 e. The molecule has 122 valence electrons. The maximum absolute atomic E-state index is 10.5. The van der Waals surface area contributed by atoms with E-state index < -0.39 is 36.4 Å². The molecule has 0 fully saturated rings. The van der Waals surface area contributed by atoms with Gasteiger partial charge in [-0.25, -0.2) is 0 Å². The molecule has 0 spiro atoms. The first kappa shape index (κ1) is 17.9. The molecule has 0 aliphatic carbocycles. The average molecular weight is 315 g/mol. The van der Waals surface area contributed by atoms with Crippen LogP contribution in [0.2, 0.25) is 0 Å². The molecule has 10 heteroatoms. The normalized spacial score (nSPS) is 16.0. The SMILES string of the molecule is O=[N+]([O-])c1ccc(N/N=C(\CO)C(O)C(O)C(O)CO)cc1. The summed E-state index contributed by atoms with van der Waals surface area (Å²) >= 11 is 0. The average Bonchev–Trinajstić information content (AvgIpc) is 2.54. The molecular weight excluding hydrogens is 298 g/mol. The first-order valence-corrected chi connectivity index (χ1v) is 6.23. The Morgan fingerprint density at radius 2 is 1.82 bits per heavy atom. The number of rotatable bonds is 8. The van der Waals surface area contributed by atoms with Crippen LogP contribution in [0.4, 0.5) is 11.4 Å². The minimum atomic E-state index is -1.73. The third-order valence-corrected chi connectivity index (χ3v) is 2.81. The van der Waals surface area contributed by atoms with Crippen molar-refractivity contribution in [3.8, 4) is 0 Å². The highest BCUT2D eigenvalue weighted by Crippen LogP contribution is 2.15. The van der Waals surface area contributed by atoms with Crippen LogP contribution < -0.4 is 5.43 Å². The molecule has 1 aromatic carbocycles. The molecule has 0 aliphatic rings. The molecule has 0 amide bonds. The zero-order valence-electron chi connectivity index (χ0n) is 11.4. The van der Waals surface area contributed by atoms with E-state index in [9.17, 15) is 25.4 Å². The minimum absolute atomic E-state index is 0.113. The van der Waals surface area contributed by atoms with Crippen LogP contribution in [0.25, 0.3) is 0 Å². The number of aliphatic hydroxyl groups excluding tert-OH is 5. The van der Waals surface area contributed by atoms with E-state index >= 15 is 0 Å². The fourth-order valence-corrected chi connectivity index (χ4v) is 1.50. The van der Waals surface area contributed by atoms with Crippen molar-refractivity contribution in [2.24, 2.45) is 5.10 Å². The highest BCUT2D eigenvalue weighted by molar-refractivity contribution is 5.90. The van der Waals surface area contributed by atoms with Crippen molar-refractivity contribution in [2.75, 3.05) is 18.6 Å². The van der Waals surface area contributed by atoms with Crippen LogP contribution in [0.5, 0.6) is 0 Å². The number of non-ortho nitro benzene ring substituents is 1. The van der Waals surface area contributed by atoms with Crippen LogP contribution >= 0.6 is 0 Å². The van der Waals surface area contributed by atoms with E-state index in [2.05, 4.69) is 10.5 Å². The zero-order valence-corrected chi connectivity index (χ0v) is 11.4. The fourth-order valence-electron chi connectivity index (χ4n) is 1.50. The molecule has 0 bridgehead atoms. The topological polar surface area (TPSA) is 169 Å².